The third-order valence-electron chi connectivity index (χ3n) is 3.05. The van der Waals surface area contributed by atoms with Gasteiger partial charge in [-0.25, -0.2) is 4.98 Å². The van der Waals surface area contributed by atoms with Gasteiger partial charge in [-0.05, 0) is 20.3 Å². The van der Waals surface area contributed by atoms with Crippen LogP contribution in [0.2, 0.25) is 0 Å². The molecule has 1 aromatic rings. The number of hydrogen-bond donors (Lipinski definition) is 1. The third kappa shape index (κ3) is 2.10. The summed E-state index contributed by atoms with van der Waals surface area (Å²) in [5.41, 5.74) is 2.91. The fraction of sp³-hybridized carbons (Fsp3) is 0.636. The number of likely N-dealkylation sites (tertiary alicyclic amines) is 1. The van der Waals surface area contributed by atoms with Crippen LogP contribution in [0.5, 0.6) is 0 Å². The summed E-state index contributed by atoms with van der Waals surface area (Å²) in [5, 5.41) is 3.38. The smallest absolute Gasteiger partial charge is 0.239 e. The Balaban J connectivity index is 2.01. The van der Waals surface area contributed by atoms with Crippen LogP contribution in [-0.2, 0) is 4.79 Å². The minimum atomic E-state index is -0.0264. The molecular formula is C11H17N3OS. The number of amides is 1. The molecule has 2 rings (SSSR count). The summed E-state index contributed by atoms with van der Waals surface area (Å²) in [4.78, 5) is 19.0. The molecule has 0 spiro atoms. The number of hydrogen-bond acceptors (Lipinski definition) is 4. The number of carbonyl (C=O) groups excluding carboxylic acids is 1. The Morgan fingerprint density at radius 1 is 1.69 bits per heavy atom. The molecule has 1 amide bonds. The number of thiazole rings is 1. The second-order valence-electron chi connectivity index (χ2n) is 4.29. The van der Waals surface area contributed by atoms with E-state index in [4.69, 9.17) is 0 Å². The Bertz CT molecular complexity index is 390. The molecule has 1 aromatic heterocycles. The Hall–Kier alpha value is -0.940. The summed E-state index contributed by atoms with van der Waals surface area (Å²) in [5.74, 6) is 0.203. The molecule has 2 unspecified atom stereocenters. The van der Waals surface area contributed by atoms with Gasteiger partial charge in [0.25, 0.3) is 0 Å². The first-order valence-corrected chi connectivity index (χ1v) is 6.38. The zero-order valence-corrected chi connectivity index (χ0v) is 10.7. The van der Waals surface area contributed by atoms with E-state index in [1.165, 1.54) is 4.88 Å². The lowest BCUT2D eigenvalue weighted by molar-refractivity contribution is -0.128. The maximum atomic E-state index is 11.7. The first-order valence-electron chi connectivity index (χ1n) is 5.50. The quantitative estimate of drug-likeness (QED) is 0.865. The van der Waals surface area contributed by atoms with Gasteiger partial charge in [0.1, 0.15) is 0 Å². The van der Waals surface area contributed by atoms with Gasteiger partial charge in [0.2, 0.25) is 5.91 Å². The minimum Gasteiger partial charge on any atom is -0.344 e. The molecule has 88 valence electrons. The number of carbonyl (C=O) groups is 1. The van der Waals surface area contributed by atoms with E-state index in [0.717, 1.165) is 18.7 Å². The summed E-state index contributed by atoms with van der Waals surface area (Å²) in [6, 6.07) is 0.175. The molecule has 0 bridgehead atoms. The Labute approximate surface area is 99.7 Å². The van der Waals surface area contributed by atoms with Gasteiger partial charge in [-0.15, -0.1) is 11.3 Å². The van der Waals surface area contributed by atoms with Gasteiger partial charge in [-0.2, -0.15) is 0 Å². The van der Waals surface area contributed by atoms with Crippen molar-refractivity contribution >= 4 is 17.2 Å². The summed E-state index contributed by atoms with van der Waals surface area (Å²) < 4.78 is 0. The lowest BCUT2D eigenvalue weighted by atomic mass is 10.2. The average molecular weight is 239 g/mol. The molecule has 2 heterocycles. The maximum Gasteiger partial charge on any atom is 0.239 e. The SMILES string of the molecule is Cc1ncsc1C(C)NC1CCN(C)C1=O. The van der Waals surface area contributed by atoms with Crippen molar-refractivity contribution in [1.82, 2.24) is 15.2 Å². The van der Waals surface area contributed by atoms with Crippen molar-refractivity contribution in [2.24, 2.45) is 0 Å². The summed E-state index contributed by atoms with van der Waals surface area (Å²) >= 11 is 1.64. The van der Waals surface area contributed by atoms with Crippen LogP contribution < -0.4 is 5.32 Å². The zero-order valence-electron chi connectivity index (χ0n) is 9.86. The highest BCUT2D eigenvalue weighted by Gasteiger charge is 2.30. The monoisotopic (exact) mass is 239 g/mol. The lowest BCUT2D eigenvalue weighted by Crippen LogP contribution is -2.38. The molecule has 4 nitrogen and oxygen atoms in total. The highest BCUT2D eigenvalue weighted by atomic mass is 32.1. The Morgan fingerprint density at radius 2 is 2.44 bits per heavy atom. The standard InChI is InChI=1S/C11H17N3OS/c1-7-10(16-6-12-7)8(2)13-9-4-5-14(3)11(9)15/h6,8-9,13H,4-5H2,1-3H3. The van der Waals surface area contributed by atoms with Crippen molar-refractivity contribution in [3.8, 4) is 0 Å². The van der Waals surface area contributed by atoms with Gasteiger partial charge < -0.3 is 4.90 Å². The zero-order chi connectivity index (χ0) is 11.7. The maximum absolute atomic E-state index is 11.7. The first kappa shape index (κ1) is 11.5. The number of likely N-dealkylation sites (N-methyl/N-ethyl adjacent to an activating group) is 1. The number of aromatic nitrogens is 1. The van der Waals surface area contributed by atoms with Crippen LogP contribution in [0.4, 0.5) is 0 Å². The van der Waals surface area contributed by atoms with Gasteiger partial charge in [0.05, 0.1) is 17.2 Å². The van der Waals surface area contributed by atoms with E-state index in [1.54, 1.807) is 16.2 Å². The van der Waals surface area contributed by atoms with E-state index < -0.39 is 0 Å². The highest BCUT2D eigenvalue weighted by molar-refractivity contribution is 7.09. The molecule has 1 aliphatic heterocycles. The number of rotatable bonds is 3. The summed E-state index contributed by atoms with van der Waals surface area (Å²) in [6.07, 6.45) is 0.900. The van der Waals surface area contributed by atoms with Crippen molar-refractivity contribution in [3.63, 3.8) is 0 Å². The predicted octanol–water partition coefficient (Wildman–Crippen LogP) is 1.33. The molecule has 0 saturated carbocycles. The molecule has 5 heteroatoms. The number of aryl methyl sites for hydroxylation is 1. The van der Waals surface area contributed by atoms with Crippen molar-refractivity contribution in [2.75, 3.05) is 13.6 Å². The van der Waals surface area contributed by atoms with Crippen LogP contribution in [0.15, 0.2) is 5.51 Å². The lowest BCUT2D eigenvalue weighted by Gasteiger charge is -2.17. The van der Waals surface area contributed by atoms with E-state index in [2.05, 4.69) is 17.2 Å². The molecule has 1 aliphatic rings. The van der Waals surface area contributed by atoms with E-state index >= 15 is 0 Å². The fourth-order valence-electron chi connectivity index (χ4n) is 2.08. The normalized spacial score (nSPS) is 22.8. The molecule has 1 saturated heterocycles. The summed E-state index contributed by atoms with van der Waals surface area (Å²) in [6.45, 7) is 4.95. The molecule has 0 radical (unpaired) electrons. The van der Waals surface area contributed by atoms with Crippen LogP contribution >= 0.6 is 11.3 Å². The largest absolute Gasteiger partial charge is 0.344 e. The van der Waals surface area contributed by atoms with Gasteiger partial charge in [0, 0.05) is 24.5 Å². The minimum absolute atomic E-state index is 0.0264. The van der Waals surface area contributed by atoms with Crippen LogP contribution in [0.3, 0.4) is 0 Å². The average Bonchev–Trinajstić information content (AvgIpc) is 2.79. The topological polar surface area (TPSA) is 45.2 Å². The van der Waals surface area contributed by atoms with E-state index in [1.807, 2.05) is 19.5 Å². The number of nitrogens with one attached hydrogen (secondary N) is 1. The predicted molar refractivity (Wildman–Crippen MR) is 64.4 cm³/mol. The van der Waals surface area contributed by atoms with Crippen LogP contribution in [0.1, 0.15) is 30.0 Å². The van der Waals surface area contributed by atoms with Crippen molar-refractivity contribution in [2.45, 2.75) is 32.4 Å². The van der Waals surface area contributed by atoms with Gasteiger partial charge in [0.15, 0.2) is 0 Å². The van der Waals surface area contributed by atoms with E-state index in [-0.39, 0.29) is 18.0 Å². The second kappa shape index (κ2) is 4.51. The molecule has 16 heavy (non-hydrogen) atoms. The molecule has 1 N–H and O–H groups in total. The highest BCUT2D eigenvalue weighted by Crippen LogP contribution is 2.23. The van der Waals surface area contributed by atoms with Crippen LogP contribution in [0.25, 0.3) is 0 Å². The van der Waals surface area contributed by atoms with Gasteiger partial charge in [-0.3, -0.25) is 10.1 Å². The Morgan fingerprint density at radius 3 is 2.94 bits per heavy atom. The molecule has 2 atom stereocenters. The molecule has 0 aromatic carbocycles. The fourth-order valence-corrected chi connectivity index (χ4v) is 2.90. The number of nitrogens with zero attached hydrogens (tertiary/aromatic N) is 2. The van der Waals surface area contributed by atoms with Crippen molar-refractivity contribution in [1.29, 1.82) is 0 Å². The molecule has 0 aliphatic carbocycles. The van der Waals surface area contributed by atoms with Crippen molar-refractivity contribution in [3.05, 3.63) is 16.1 Å². The van der Waals surface area contributed by atoms with Crippen LogP contribution in [0, 0.1) is 6.92 Å². The molecular weight excluding hydrogens is 222 g/mol. The van der Waals surface area contributed by atoms with Gasteiger partial charge in [-0.1, -0.05) is 0 Å². The van der Waals surface area contributed by atoms with E-state index in [9.17, 15) is 4.79 Å². The summed E-state index contributed by atoms with van der Waals surface area (Å²) in [7, 11) is 1.85. The van der Waals surface area contributed by atoms with Crippen LogP contribution in [-0.4, -0.2) is 35.4 Å². The Kier molecular flexibility index (Phi) is 3.25. The third-order valence-corrected chi connectivity index (χ3v) is 4.17. The van der Waals surface area contributed by atoms with E-state index in [0.29, 0.717) is 0 Å². The van der Waals surface area contributed by atoms with Crippen molar-refractivity contribution < 1.29 is 4.79 Å². The molecule has 1 fully saturated rings. The first-order chi connectivity index (χ1) is 7.59. The second-order valence-corrected chi connectivity index (χ2v) is 5.18. The van der Waals surface area contributed by atoms with Gasteiger partial charge >= 0.3 is 0 Å².